The molecular weight excluding hydrogens is 609 g/mol. The number of furan rings is 2. The zero-order valence-electron chi connectivity index (χ0n) is 27.7. The molecule has 8 aromatic rings. The normalized spacial score (nSPS) is 15.4. The first kappa shape index (κ1) is 29.7. The summed E-state index contributed by atoms with van der Waals surface area (Å²) in [7, 11) is 0. The van der Waals surface area contributed by atoms with Gasteiger partial charge in [0.25, 0.3) is 0 Å². The van der Waals surface area contributed by atoms with Crippen LogP contribution in [0.4, 0.5) is 0 Å². The standard InChI is InChI=1S/C48H34O2/c1-31(33-16-6-5-7-17-33)26-27-32(2)34-18-8-3-4-9-19-37(36-21-11-10-20-35(34)36)42-30-43-39(46-41-23-13-15-25-45(41)50-48(42)46)28-29-40-38-22-12-14-24-44(38)49-47(40)43/h5-30H,1-4H2/b18-8?,19-9+,27-26-,35-34?,37-36+. The van der Waals surface area contributed by atoms with Gasteiger partial charge in [0.15, 0.2) is 0 Å². The highest BCUT2D eigenvalue weighted by Gasteiger charge is 2.20. The molecule has 0 aliphatic heterocycles. The third kappa shape index (κ3) is 4.96. The summed E-state index contributed by atoms with van der Waals surface area (Å²) in [6, 6.07) is 42.2. The number of hydrogen-bond acceptors (Lipinski definition) is 2. The van der Waals surface area contributed by atoms with Crippen LogP contribution in [0.3, 0.4) is 0 Å². The smallest absolute Gasteiger partial charge is 0.143 e. The Kier molecular flexibility index (Phi) is 7.29. The largest absolute Gasteiger partial charge is 0.455 e. The van der Waals surface area contributed by atoms with Crippen molar-refractivity contribution in [1.82, 2.24) is 0 Å². The fourth-order valence-electron chi connectivity index (χ4n) is 7.36. The summed E-state index contributed by atoms with van der Waals surface area (Å²) in [5.41, 5.74) is 9.68. The van der Waals surface area contributed by atoms with Crippen LogP contribution in [0.5, 0.6) is 0 Å². The Labute approximate surface area is 290 Å². The number of rotatable bonds is 5. The van der Waals surface area contributed by atoms with Crippen LogP contribution in [0.15, 0.2) is 185 Å². The molecule has 0 atom stereocenters. The van der Waals surface area contributed by atoms with Crippen molar-refractivity contribution < 1.29 is 8.83 Å². The molecule has 50 heavy (non-hydrogen) atoms. The second kappa shape index (κ2) is 12.3. The van der Waals surface area contributed by atoms with Crippen molar-refractivity contribution in [2.24, 2.45) is 0 Å². The molecule has 0 spiro atoms. The van der Waals surface area contributed by atoms with Gasteiger partial charge >= 0.3 is 0 Å². The Morgan fingerprint density at radius 2 is 1.14 bits per heavy atom. The topological polar surface area (TPSA) is 26.3 Å². The molecule has 0 radical (unpaired) electrons. The van der Waals surface area contributed by atoms with E-state index in [0.717, 1.165) is 111 Å². The van der Waals surface area contributed by atoms with E-state index in [9.17, 15) is 0 Å². The molecule has 0 saturated carbocycles. The van der Waals surface area contributed by atoms with E-state index in [-0.39, 0.29) is 0 Å². The van der Waals surface area contributed by atoms with Gasteiger partial charge in [0.1, 0.15) is 22.3 Å². The highest BCUT2D eigenvalue weighted by molar-refractivity contribution is 6.27. The minimum Gasteiger partial charge on any atom is -0.455 e. The monoisotopic (exact) mass is 642 g/mol. The van der Waals surface area contributed by atoms with Crippen molar-refractivity contribution in [3.05, 3.63) is 198 Å². The van der Waals surface area contributed by atoms with Crippen molar-refractivity contribution in [3.63, 3.8) is 0 Å². The molecule has 9 rings (SSSR count). The average molecular weight is 643 g/mol. The van der Waals surface area contributed by atoms with Crippen LogP contribution in [0.2, 0.25) is 0 Å². The van der Waals surface area contributed by atoms with E-state index in [0.29, 0.717) is 0 Å². The van der Waals surface area contributed by atoms with Gasteiger partial charge in [0.2, 0.25) is 0 Å². The predicted octanol–water partition coefficient (Wildman–Crippen LogP) is 11.7. The third-order valence-electron chi connectivity index (χ3n) is 9.83. The summed E-state index contributed by atoms with van der Waals surface area (Å²) in [6.07, 6.45) is 15.0. The van der Waals surface area contributed by atoms with E-state index in [2.05, 4.69) is 135 Å². The zero-order valence-corrected chi connectivity index (χ0v) is 27.7. The van der Waals surface area contributed by atoms with Gasteiger partial charge < -0.3 is 8.83 Å². The molecule has 0 bridgehead atoms. The van der Waals surface area contributed by atoms with Crippen molar-refractivity contribution in [3.8, 4) is 0 Å². The van der Waals surface area contributed by atoms with Crippen molar-refractivity contribution in [2.45, 2.75) is 12.8 Å². The van der Waals surface area contributed by atoms with E-state index in [1.54, 1.807) is 0 Å². The highest BCUT2D eigenvalue weighted by atomic mass is 16.3. The van der Waals surface area contributed by atoms with Crippen LogP contribution in [-0.2, 0) is 0 Å². The summed E-state index contributed by atoms with van der Waals surface area (Å²) >= 11 is 0. The molecule has 2 heteroatoms. The van der Waals surface area contributed by atoms with E-state index in [1.165, 1.54) is 0 Å². The van der Waals surface area contributed by atoms with Gasteiger partial charge in [-0.2, -0.15) is 0 Å². The van der Waals surface area contributed by atoms with Crippen LogP contribution < -0.4 is 10.4 Å². The maximum atomic E-state index is 6.80. The Hall–Kier alpha value is -6.38. The van der Waals surface area contributed by atoms with Crippen molar-refractivity contribution in [1.29, 1.82) is 0 Å². The van der Waals surface area contributed by atoms with Crippen LogP contribution in [0.25, 0.3) is 71.4 Å². The van der Waals surface area contributed by atoms with Gasteiger partial charge in [0, 0.05) is 32.5 Å². The maximum absolute atomic E-state index is 6.80. The third-order valence-corrected chi connectivity index (χ3v) is 9.83. The van der Waals surface area contributed by atoms with Gasteiger partial charge in [-0.1, -0.05) is 147 Å². The predicted molar refractivity (Wildman–Crippen MR) is 211 cm³/mol. The summed E-state index contributed by atoms with van der Waals surface area (Å²) in [5.74, 6) is 0. The van der Waals surface area contributed by atoms with E-state index < -0.39 is 0 Å². The molecule has 0 saturated heterocycles. The fourth-order valence-corrected chi connectivity index (χ4v) is 7.36. The van der Waals surface area contributed by atoms with Gasteiger partial charge in [-0.05, 0) is 80.8 Å². The fraction of sp³-hybridized carbons (Fsp3) is 0.0417. The SMILES string of the molecule is C=C(/C=C\C(=C)c1ccccc1)C1=c2cccc/c2=C(c2cc3c(ccc4c5ccccc5oc43)c3c2oc2ccccc23)/C=C/CCC=C1. The second-order valence-corrected chi connectivity index (χ2v) is 12.9. The number of hydrogen-bond donors (Lipinski definition) is 0. The number of benzene rings is 6. The molecule has 0 N–H and O–H groups in total. The Balaban J connectivity index is 1.37. The molecule has 238 valence electrons. The van der Waals surface area contributed by atoms with Crippen LogP contribution in [0, 0.1) is 0 Å². The number of allylic oxidation sites excluding steroid dienone is 8. The van der Waals surface area contributed by atoms with Crippen molar-refractivity contribution >= 4 is 71.4 Å². The molecule has 2 aromatic heterocycles. The van der Waals surface area contributed by atoms with Crippen LogP contribution in [0.1, 0.15) is 24.0 Å². The first-order valence-corrected chi connectivity index (χ1v) is 17.1. The molecule has 1 aliphatic rings. The molecule has 0 amide bonds. The minimum atomic E-state index is 0.867. The zero-order chi connectivity index (χ0) is 33.6. The minimum absolute atomic E-state index is 0.867. The van der Waals surface area contributed by atoms with Gasteiger partial charge in [0.05, 0.1) is 0 Å². The average Bonchev–Trinajstić information content (AvgIpc) is 3.75. The first-order valence-electron chi connectivity index (χ1n) is 17.1. The molecule has 2 nitrogen and oxygen atoms in total. The summed E-state index contributed by atoms with van der Waals surface area (Å²) in [4.78, 5) is 0. The summed E-state index contributed by atoms with van der Waals surface area (Å²) < 4.78 is 13.4. The van der Waals surface area contributed by atoms with E-state index >= 15 is 0 Å². The molecule has 0 fully saturated rings. The molecular formula is C48H34O2. The number of fused-ring (bicyclic) bond motifs is 10. The summed E-state index contributed by atoms with van der Waals surface area (Å²) in [6.45, 7) is 8.89. The van der Waals surface area contributed by atoms with Crippen LogP contribution >= 0.6 is 0 Å². The first-order chi connectivity index (χ1) is 24.7. The molecule has 6 aromatic carbocycles. The lowest BCUT2D eigenvalue weighted by molar-refractivity contribution is 0.667. The quantitative estimate of drug-likeness (QED) is 0.175. The highest BCUT2D eigenvalue weighted by Crippen LogP contribution is 2.43. The molecule has 2 heterocycles. The lowest BCUT2D eigenvalue weighted by Gasteiger charge is -2.12. The van der Waals surface area contributed by atoms with E-state index in [1.807, 2.05) is 36.4 Å². The molecule has 0 unspecified atom stereocenters. The summed E-state index contributed by atoms with van der Waals surface area (Å²) in [5, 5.41) is 8.82. The lowest BCUT2D eigenvalue weighted by atomic mass is 9.91. The Morgan fingerprint density at radius 3 is 1.96 bits per heavy atom. The van der Waals surface area contributed by atoms with Gasteiger partial charge in [-0.3, -0.25) is 0 Å². The Morgan fingerprint density at radius 1 is 0.520 bits per heavy atom. The number of para-hydroxylation sites is 2. The van der Waals surface area contributed by atoms with Gasteiger partial charge in [-0.15, -0.1) is 0 Å². The van der Waals surface area contributed by atoms with Crippen LogP contribution in [-0.4, -0.2) is 0 Å². The lowest BCUT2D eigenvalue weighted by Crippen LogP contribution is -2.29. The second-order valence-electron chi connectivity index (χ2n) is 12.9. The Bertz CT molecular complexity index is 2890. The van der Waals surface area contributed by atoms with Gasteiger partial charge in [-0.25, -0.2) is 0 Å². The maximum Gasteiger partial charge on any atom is 0.143 e. The molecule has 1 aliphatic carbocycles. The van der Waals surface area contributed by atoms with Crippen molar-refractivity contribution in [2.75, 3.05) is 0 Å². The van der Waals surface area contributed by atoms with E-state index in [4.69, 9.17) is 8.83 Å².